The summed E-state index contributed by atoms with van der Waals surface area (Å²) in [6, 6.07) is 5.47. The van der Waals surface area contributed by atoms with E-state index in [-0.39, 0.29) is 11.9 Å². The topological polar surface area (TPSA) is 58.8 Å². The second kappa shape index (κ2) is 6.13. The van der Waals surface area contributed by atoms with Crippen molar-refractivity contribution in [3.05, 3.63) is 23.8 Å². The van der Waals surface area contributed by atoms with Gasteiger partial charge in [-0.05, 0) is 39.1 Å². The number of carbonyl (C=O) groups excluding carboxylic acids is 1. The number of ether oxygens (including phenoxy) is 1. The Morgan fingerprint density at radius 1 is 1.45 bits per heavy atom. The fourth-order valence-corrected chi connectivity index (χ4v) is 2.74. The van der Waals surface area contributed by atoms with Crippen LogP contribution in [-0.2, 0) is 0 Å². The number of amides is 1. The summed E-state index contributed by atoms with van der Waals surface area (Å²) in [4.78, 5) is 16.7. The molecule has 1 unspecified atom stereocenters. The van der Waals surface area contributed by atoms with Crippen molar-refractivity contribution in [2.45, 2.75) is 18.9 Å². The first-order chi connectivity index (χ1) is 9.51. The van der Waals surface area contributed by atoms with Crippen molar-refractivity contribution >= 4 is 11.6 Å². The van der Waals surface area contributed by atoms with Gasteiger partial charge in [-0.2, -0.15) is 0 Å². The Balaban J connectivity index is 2.19. The molecule has 1 aliphatic heterocycles. The molecule has 1 aromatic rings. The fraction of sp³-hybridized carbons (Fsp3) is 0.533. The first-order valence-electron chi connectivity index (χ1n) is 6.91. The third kappa shape index (κ3) is 3.22. The minimum absolute atomic E-state index is 0.0416. The molecule has 20 heavy (non-hydrogen) atoms. The van der Waals surface area contributed by atoms with Crippen molar-refractivity contribution in [2.24, 2.45) is 0 Å². The second-order valence-corrected chi connectivity index (χ2v) is 5.55. The fourth-order valence-electron chi connectivity index (χ4n) is 2.74. The van der Waals surface area contributed by atoms with Crippen LogP contribution in [0.25, 0.3) is 0 Å². The molecule has 0 bridgehead atoms. The number of benzene rings is 1. The van der Waals surface area contributed by atoms with Gasteiger partial charge in [-0.25, -0.2) is 0 Å². The Bertz CT molecular complexity index is 488. The predicted octanol–water partition coefficient (Wildman–Crippen LogP) is 1.44. The SMILES string of the molecule is COc1cc(N)cc(C(=O)N2CCCC2CN(C)C)c1. The minimum Gasteiger partial charge on any atom is -0.497 e. The molecule has 2 N–H and O–H groups in total. The summed E-state index contributed by atoms with van der Waals surface area (Å²) < 4.78 is 5.18. The third-order valence-corrected chi connectivity index (χ3v) is 3.63. The van der Waals surface area contributed by atoms with Gasteiger partial charge in [0.1, 0.15) is 5.75 Å². The highest BCUT2D eigenvalue weighted by Crippen LogP contribution is 2.24. The number of anilines is 1. The molecule has 0 saturated carbocycles. The maximum Gasteiger partial charge on any atom is 0.254 e. The van der Waals surface area contributed by atoms with Crippen molar-refractivity contribution in [2.75, 3.05) is 40.0 Å². The summed E-state index contributed by atoms with van der Waals surface area (Å²) in [5, 5.41) is 0. The molecular formula is C15H23N3O2. The maximum absolute atomic E-state index is 12.7. The molecule has 1 amide bonds. The first-order valence-corrected chi connectivity index (χ1v) is 6.91. The van der Waals surface area contributed by atoms with Crippen LogP contribution in [0, 0.1) is 0 Å². The average molecular weight is 277 g/mol. The van der Waals surface area contributed by atoms with Crippen molar-refractivity contribution in [1.29, 1.82) is 0 Å². The summed E-state index contributed by atoms with van der Waals surface area (Å²) in [7, 11) is 5.64. The largest absolute Gasteiger partial charge is 0.497 e. The van der Waals surface area contributed by atoms with Gasteiger partial charge in [0.2, 0.25) is 0 Å². The molecule has 5 nitrogen and oxygen atoms in total. The Morgan fingerprint density at radius 3 is 2.85 bits per heavy atom. The van der Waals surface area contributed by atoms with E-state index in [1.165, 1.54) is 0 Å². The van der Waals surface area contributed by atoms with Crippen LogP contribution in [-0.4, -0.2) is 56.0 Å². The molecule has 1 aliphatic rings. The van der Waals surface area contributed by atoms with E-state index in [2.05, 4.69) is 4.90 Å². The van der Waals surface area contributed by atoms with Gasteiger partial charge in [0, 0.05) is 36.4 Å². The molecule has 0 radical (unpaired) electrons. The van der Waals surface area contributed by atoms with Gasteiger partial charge in [-0.15, -0.1) is 0 Å². The molecule has 110 valence electrons. The maximum atomic E-state index is 12.7. The zero-order valence-corrected chi connectivity index (χ0v) is 12.4. The molecule has 5 heteroatoms. The highest BCUT2D eigenvalue weighted by molar-refractivity contribution is 5.96. The van der Waals surface area contributed by atoms with Crippen molar-refractivity contribution in [1.82, 2.24) is 9.80 Å². The Hall–Kier alpha value is -1.75. The standard InChI is InChI=1S/C15H23N3O2/c1-17(2)10-13-5-4-6-18(13)15(19)11-7-12(16)9-14(8-11)20-3/h7-9,13H,4-6,10,16H2,1-3H3. The van der Waals surface area contributed by atoms with Crippen molar-refractivity contribution in [3.8, 4) is 5.75 Å². The van der Waals surface area contributed by atoms with E-state index < -0.39 is 0 Å². The Labute approximate surface area is 120 Å². The minimum atomic E-state index is 0.0416. The number of methoxy groups -OCH3 is 1. The van der Waals surface area contributed by atoms with E-state index in [0.717, 1.165) is 25.9 Å². The van der Waals surface area contributed by atoms with E-state index in [0.29, 0.717) is 17.0 Å². The lowest BCUT2D eigenvalue weighted by molar-refractivity contribution is 0.0716. The van der Waals surface area contributed by atoms with Crippen LogP contribution < -0.4 is 10.5 Å². The van der Waals surface area contributed by atoms with E-state index >= 15 is 0 Å². The average Bonchev–Trinajstić information content (AvgIpc) is 2.84. The molecule has 0 aliphatic carbocycles. The quantitative estimate of drug-likeness (QED) is 0.846. The van der Waals surface area contributed by atoms with E-state index in [9.17, 15) is 4.79 Å². The third-order valence-electron chi connectivity index (χ3n) is 3.63. The number of rotatable bonds is 4. The van der Waals surface area contributed by atoms with Crippen LogP contribution in [0.3, 0.4) is 0 Å². The molecule has 1 aromatic carbocycles. The van der Waals surface area contributed by atoms with Gasteiger partial charge in [0.25, 0.3) is 5.91 Å². The van der Waals surface area contributed by atoms with E-state index in [4.69, 9.17) is 10.5 Å². The lowest BCUT2D eigenvalue weighted by atomic mass is 10.1. The number of nitrogens with two attached hydrogens (primary N) is 1. The summed E-state index contributed by atoms with van der Waals surface area (Å²) in [6.45, 7) is 1.71. The summed E-state index contributed by atoms with van der Waals surface area (Å²) in [6.07, 6.45) is 2.12. The smallest absolute Gasteiger partial charge is 0.254 e. The van der Waals surface area contributed by atoms with Crippen molar-refractivity contribution < 1.29 is 9.53 Å². The lowest BCUT2D eigenvalue weighted by Gasteiger charge is -2.27. The molecule has 0 aromatic heterocycles. The molecule has 0 spiro atoms. The van der Waals surface area contributed by atoms with Gasteiger partial charge in [0.05, 0.1) is 7.11 Å². The number of carbonyl (C=O) groups is 1. The zero-order valence-electron chi connectivity index (χ0n) is 12.4. The van der Waals surface area contributed by atoms with Crippen LogP contribution in [0.1, 0.15) is 23.2 Å². The van der Waals surface area contributed by atoms with Gasteiger partial charge < -0.3 is 20.3 Å². The number of likely N-dealkylation sites (tertiary alicyclic amines) is 1. The van der Waals surface area contributed by atoms with Gasteiger partial charge in [-0.3, -0.25) is 4.79 Å². The van der Waals surface area contributed by atoms with Crippen molar-refractivity contribution in [3.63, 3.8) is 0 Å². The second-order valence-electron chi connectivity index (χ2n) is 5.55. The summed E-state index contributed by atoms with van der Waals surface area (Å²) in [5.41, 5.74) is 6.98. The van der Waals surface area contributed by atoms with Gasteiger partial charge >= 0.3 is 0 Å². The van der Waals surface area contributed by atoms with E-state index in [1.54, 1.807) is 25.3 Å². The normalized spacial score (nSPS) is 18.6. The number of likely N-dealkylation sites (N-methyl/N-ethyl adjacent to an activating group) is 1. The molecule has 1 saturated heterocycles. The van der Waals surface area contributed by atoms with Crippen LogP contribution in [0.15, 0.2) is 18.2 Å². The lowest BCUT2D eigenvalue weighted by Crippen LogP contribution is -2.41. The van der Waals surface area contributed by atoms with Gasteiger partial charge in [0.15, 0.2) is 0 Å². The number of nitrogen functional groups attached to an aromatic ring is 1. The number of nitrogens with zero attached hydrogens (tertiary/aromatic N) is 2. The first kappa shape index (κ1) is 14.7. The zero-order chi connectivity index (χ0) is 14.7. The molecule has 1 heterocycles. The molecule has 1 atom stereocenters. The highest BCUT2D eigenvalue weighted by Gasteiger charge is 2.29. The van der Waals surface area contributed by atoms with Crippen LogP contribution in [0.5, 0.6) is 5.75 Å². The van der Waals surface area contributed by atoms with Crippen LogP contribution in [0.2, 0.25) is 0 Å². The number of hydrogen-bond donors (Lipinski definition) is 1. The summed E-state index contributed by atoms with van der Waals surface area (Å²) >= 11 is 0. The Morgan fingerprint density at radius 2 is 2.20 bits per heavy atom. The Kier molecular flexibility index (Phi) is 4.49. The number of hydrogen-bond acceptors (Lipinski definition) is 4. The molecule has 1 fully saturated rings. The van der Waals surface area contributed by atoms with E-state index in [1.807, 2.05) is 19.0 Å². The van der Waals surface area contributed by atoms with Gasteiger partial charge in [-0.1, -0.05) is 0 Å². The van der Waals surface area contributed by atoms with Crippen LogP contribution >= 0.6 is 0 Å². The molecular weight excluding hydrogens is 254 g/mol. The molecule has 2 rings (SSSR count). The van der Waals surface area contributed by atoms with Crippen LogP contribution in [0.4, 0.5) is 5.69 Å². The monoisotopic (exact) mass is 277 g/mol. The highest BCUT2D eigenvalue weighted by atomic mass is 16.5. The predicted molar refractivity (Wildman–Crippen MR) is 80.0 cm³/mol. The summed E-state index contributed by atoms with van der Waals surface area (Å²) in [5.74, 6) is 0.664.